The minimum Gasteiger partial charge on any atom is -0.263 e. The zero-order valence-electron chi connectivity index (χ0n) is 18.7. The molecule has 180 valence electrons. The lowest BCUT2D eigenvalue weighted by molar-refractivity contribution is -0.0542. The quantitative estimate of drug-likeness (QED) is 0.0710. The second-order valence-electron chi connectivity index (χ2n) is 8.16. The Morgan fingerprint density at radius 3 is 1.20 bits per heavy atom. The first-order chi connectivity index (χ1) is 14.3. The van der Waals surface area contributed by atoms with Crippen molar-refractivity contribution in [3.05, 3.63) is 12.7 Å². The average Bonchev–Trinajstić information content (AvgIpc) is 2.68. The molecule has 0 atom stereocenters. The van der Waals surface area contributed by atoms with E-state index in [9.17, 15) is 21.6 Å². The molecule has 0 saturated heterocycles. The predicted molar refractivity (Wildman–Crippen MR) is 119 cm³/mol. The number of halogens is 3. The van der Waals surface area contributed by atoms with Gasteiger partial charge in [0.15, 0.2) is 0 Å². The Morgan fingerprint density at radius 2 is 0.900 bits per heavy atom. The maximum atomic E-state index is 12.1. The number of rotatable bonds is 22. The van der Waals surface area contributed by atoms with Crippen LogP contribution in [0.25, 0.3) is 0 Å². The molecule has 0 radical (unpaired) electrons. The second-order valence-corrected chi connectivity index (χ2v) is 9.77. The van der Waals surface area contributed by atoms with E-state index in [1.165, 1.54) is 83.5 Å². The van der Waals surface area contributed by atoms with E-state index >= 15 is 0 Å². The van der Waals surface area contributed by atoms with E-state index in [0.29, 0.717) is 12.8 Å². The maximum absolute atomic E-state index is 12.1. The van der Waals surface area contributed by atoms with Gasteiger partial charge in [-0.05, 0) is 19.3 Å². The smallest absolute Gasteiger partial charge is 0.263 e. The third-order valence-electron chi connectivity index (χ3n) is 5.32. The molecular formula is C23H43F3O3S. The minimum atomic E-state index is -5.43. The summed E-state index contributed by atoms with van der Waals surface area (Å²) in [4.78, 5) is 0. The average molecular weight is 457 g/mol. The SMILES string of the molecule is C=CCCCCCCCCCCCCCCCCCCCCOS(=O)(=O)C(F)(F)F. The number of hydrogen-bond donors (Lipinski definition) is 0. The van der Waals surface area contributed by atoms with Crippen molar-refractivity contribution in [2.24, 2.45) is 0 Å². The third-order valence-corrected chi connectivity index (χ3v) is 6.37. The van der Waals surface area contributed by atoms with Crippen LogP contribution in [-0.4, -0.2) is 20.5 Å². The fourth-order valence-corrected chi connectivity index (χ4v) is 3.93. The molecule has 0 bridgehead atoms. The summed E-state index contributed by atoms with van der Waals surface area (Å²) in [5.41, 5.74) is -5.32. The van der Waals surface area contributed by atoms with E-state index in [2.05, 4.69) is 10.8 Å². The van der Waals surface area contributed by atoms with E-state index < -0.39 is 22.2 Å². The fraction of sp³-hybridized carbons (Fsp3) is 0.913. The Morgan fingerprint density at radius 1 is 0.600 bits per heavy atom. The van der Waals surface area contributed by atoms with Gasteiger partial charge in [-0.2, -0.15) is 21.6 Å². The highest BCUT2D eigenvalue weighted by molar-refractivity contribution is 7.87. The van der Waals surface area contributed by atoms with Crippen LogP contribution in [0.15, 0.2) is 12.7 Å². The molecule has 0 rings (SSSR count). The van der Waals surface area contributed by atoms with Crippen molar-refractivity contribution in [3.63, 3.8) is 0 Å². The van der Waals surface area contributed by atoms with Gasteiger partial charge in [-0.3, -0.25) is 4.18 Å². The molecule has 0 aliphatic rings. The van der Waals surface area contributed by atoms with Gasteiger partial charge in [-0.15, -0.1) is 6.58 Å². The summed E-state index contributed by atoms with van der Waals surface area (Å²) in [6.07, 6.45) is 24.5. The summed E-state index contributed by atoms with van der Waals surface area (Å²) in [7, 11) is -5.43. The molecule has 0 amide bonds. The highest BCUT2D eigenvalue weighted by Crippen LogP contribution is 2.24. The molecule has 0 aliphatic carbocycles. The number of alkyl halides is 3. The van der Waals surface area contributed by atoms with Gasteiger partial charge in [0.2, 0.25) is 0 Å². The minimum absolute atomic E-state index is 0.338. The van der Waals surface area contributed by atoms with Crippen LogP contribution in [0.3, 0.4) is 0 Å². The summed E-state index contributed by atoms with van der Waals surface area (Å²) in [5, 5.41) is 0. The largest absolute Gasteiger partial charge is 0.523 e. The van der Waals surface area contributed by atoms with Crippen molar-refractivity contribution in [2.75, 3.05) is 6.61 Å². The van der Waals surface area contributed by atoms with Gasteiger partial charge in [0.05, 0.1) is 6.61 Å². The number of allylic oxidation sites excluding steroid dienone is 1. The number of hydrogen-bond acceptors (Lipinski definition) is 3. The van der Waals surface area contributed by atoms with Crippen LogP contribution in [-0.2, 0) is 14.3 Å². The lowest BCUT2D eigenvalue weighted by atomic mass is 10.0. The molecule has 3 nitrogen and oxygen atoms in total. The summed E-state index contributed by atoms with van der Waals surface area (Å²) < 4.78 is 61.6. The molecule has 0 aromatic rings. The molecule has 0 aliphatic heterocycles. The predicted octanol–water partition coefficient (Wildman–Crippen LogP) is 8.45. The summed E-state index contributed by atoms with van der Waals surface area (Å²) in [5.74, 6) is 0. The first-order valence-corrected chi connectivity index (χ1v) is 13.3. The van der Waals surface area contributed by atoms with Gasteiger partial charge in [0, 0.05) is 0 Å². The zero-order chi connectivity index (χ0) is 22.6. The molecule has 0 N–H and O–H groups in total. The van der Waals surface area contributed by atoms with Crippen LogP contribution in [0.4, 0.5) is 13.2 Å². The standard InChI is InChI=1S/C23H43F3O3S/c1-2-3-4-5-6-7-8-9-10-11-12-13-14-15-16-17-18-19-20-21-22-29-30(27,28)23(24,25)26/h2H,1,3-22H2. The molecular weight excluding hydrogens is 413 g/mol. The van der Waals surface area contributed by atoms with Crippen LogP contribution in [0, 0.1) is 0 Å². The Bertz CT molecular complexity index is 490. The topological polar surface area (TPSA) is 43.4 Å². The van der Waals surface area contributed by atoms with Crippen LogP contribution in [0.1, 0.15) is 122 Å². The molecule has 0 saturated carbocycles. The third kappa shape index (κ3) is 18.2. The Balaban J connectivity index is 3.19. The van der Waals surface area contributed by atoms with E-state index in [1.807, 2.05) is 6.08 Å². The van der Waals surface area contributed by atoms with Gasteiger partial charge < -0.3 is 0 Å². The zero-order valence-corrected chi connectivity index (χ0v) is 19.5. The van der Waals surface area contributed by atoms with Crippen molar-refractivity contribution in [1.82, 2.24) is 0 Å². The molecule has 0 aromatic heterocycles. The van der Waals surface area contributed by atoms with Crippen LogP contribution in [0.2, 0.25) is 0 Å². The monoisotopic (exact) mass is 456 g/mol. The highest BCUT2D eigenvalue weighted by Gasteiger charge is 2.47. The Kier molecular flexibility index (Phi) is 18.8. The van der Waals surface area contributed by atoms with Crippen molar-refractivity contribution in [1.29, 1.82) is 0 Å². The van der Waals surface area contributed by atoms with E-state index in [0.717, 1.165) is 25.7 Å². The lowest BCUT2D eigenvalue weighted by Gasteiger charge is -2.08. The molecule has 0 aromatic carbocycles. The van der Waals surface area contributed by atoms with Gasteiger partial charge in [0.1, 0.15) is 0 Å². The Labute approximate surface area is 183 Å². The van der Waals surface area contributed by atoms with Crippen molar-refractivity contribution >= 4 is 10.1 Å². The summed E-state index contributed by atoms with van der Waals surface area (Å²) in [6, 6.07) is 0. The lowest BCUT2D eigenvalue weighted by Crippen LogP contribution is -2.25. The highest BCUT2D eigenvalue weighted by atomic mass is 32.2. The first kappa shape index (κ1) is 29.4. The van der Waals surface area contributed by atoms with E-state index in [1.54, 1.807) is 0 Å². The summed E-state index contributed by atoms with van der Waals surface area (Å²) in [6.45, 7) is 3.35. The molecule has 30 heavy (non-hydrogen) atoms. The summed E-state index contributed by atoms with van der Waals surface area (Å²) >= 11 is 0. The molecule has 0 heterocycles. The Hall–Kier alpha value is -0.560. The molecule has 7 heteroatoms. The van der Waals surface area contributed by atoms with Gasteiger partial charge in [-0.1, -0.05) is 109 Å². The van der Waals surface area contributed by atoms with Gasteiger partial charge in [0.25, 0.3) is 0 Å². The molecule has 0 spiro atoms. The van der Waals surface area contributed by atoms with E-state index in [4.69, 9.17) is 0 Å². The van der Waals surface area contributed by atoms with Gasteiger partial charge >= 0.3 is 15.6 Å². The van der Waals surface area contributed by atoms with Crippen molar-refractivity contribution in [3.8, 4) is 0 Å². The fourth-order valence-electron chi connectivity index (χ4n) is 3.45. The van der Waals surface area contributed by atoms with Gasteiger partial charge in [-0.25, -0.2) is 0 Å². The van der Waals surface area contributed by atoms with Crippen molar-refractivity contribution < 1.29 is 25.8 Å². The maximum Gasteiger partial charge on any atom is 0.523 e. The van der Waals surface area contributed by atoms with Crippen LogP contribution in [0.5, 0.6) is 0 Å². The van der Waals surface area contributed by atoms with Crippen LogP contribution < -0.4 is 0 Å². The van der Waals surface area contributed by atoms with Crippen LogP contribution >= 0.6 is 0 Å². The molecule has 0 fully saturated rings. The first-order valence-electron chi connectivity index (χ1n) is 11.9. The van der Waals surface area contributed by atoms with Crippen molar-refractivity contribution in [2.45, 2.75) is 128 Å². The number of unbranched alkanes of at least 4 members (excludes halogenated alkanes) is 18. The normalized spacial score (nSPS) is 12.4. The second kappa shape index (κ2) is 19.1. The molecule has 0 unspecified atom stereocenters. The van der Waals surface area contributed by atoms with E-state index in [-0.39, 0.29) is 0 Å².